The SMILES string of the molecule is CN(C)c1ccc(C#CCNC(=O)c2ccccc2[N+](=O)[O-])cc1. The average molecular weight is 323 g/mol. The number of hydrogen-bond acceptors (Lipinski definition) is 4. The first-order valence-corrected chi connectivity index (χ1v) is 7.27. The highest BCUT2D eigenvalue weighted by atomic mass is 16.6. The van der Waals surface area contributed by atoms with Crippen LogP contribution in [0.4, 0.5) is 11.4 Å². The molecule has 0 aliphatic carbocycles. The number of nitro groups is 1. The highest BCUT2D eigenvalue weighted by Crippen LogP contribution is 2.17. The van der Waals surface area contributed by atoms with E-state index in [1.165, 1.54) is 18.2 Å². The number of para-hydroxylation sites is 1. The molecular weight excluding hydrogens is 306 g/mol. The van der Waals surface area contributed by atoms with Gasteiger partial charge in [0.25, 0.3) is 11.6 Å². The normalized spacial score (nSPS) is 9.58. The molecule has 0 saturated carbocycles. The standard InChI is InChI=1S/C18H17N3O3/c1-20(2)15-11-9-14(10-12-15)6-5-13-19-18(22)16-7-3-4-8-17(16)21(23)24/h3-4,7-12H,13H2,1-2H3,(H,19,22). The second kappa shape index (κ2) is 7.79. The maximum atomic E-state index is 12.0. The third kappa shape index (κ3) is 4.34. The Balaban J connectivity index is 1.98. The van der Waals surface area contributed by atoms with Crippen molar-refractivity contribution >= 4 is 17.3 Å². The van der Waals surface area contributed by atoms with Crippen molar-refractivity contribution in [1.29, 1.82) is 0 Å². The van der Waals surface area contributed by atoms with Crippen LogP contribution in [-0.4, -0.2) is 31.5 Å². The van der Waals surface area contributed by atoms with Crippen LogP contribution in [0.25, 0.3) is 0 Å². The number of hydrogen-bond donors (Lipinski definition) is 1. The summed E-state index contributed by atoms with van der Waals surface area (Å²) >= 11 is 0. The fourth-order valence-corrected chi connectivity index (χ4v) is 2.03. The lowest BCUT2D eigenvalue weighted by Crippen LogP contribution is -2.24. The lowest BCUT2D eigenvalue weighted by molar-refractivity contribution is -0.385. The summed E-state index contributed by atoms with van der Waals surface area (Å²) in [5.74, 6) is 5.26. The largest absolute Gasteiger partial charge is 0.378 e. The molecule has 0 aliphatic rings. The van der Waals surface area contributed by atoms with E-state index in [-0.39, 0.29) is 17.8 Å². The molecule has 2 aromatic rings. The Morgan fingerprint density at radius 3 is 2.46 bits per heavy atom. The maximum absolute atomic E-state index is 12.0. The summed E-state index contributed by atoms with van der Waals surface area (Å²) in [6.45, 7) is 0.111. The third-order valence-corrected chi connectivity index (χ3v) is 3.30. The molecule has 0 unspecified atom stereocenters. The van der Waals surface area contributed by atoms with Crippen molar-refractivity contribution in [3.05, 3.63) is 69.8 Å². The van der Waals surface area contributed by atoms with Gasteiger partial charge in [-0.15, -0.1) is 0 Å². The topological polar surface area (TPSA) is 75.5 Å². The molecule has 122 valence electrons. The molecule has 2 rings (SSSR count). The first-order valence-electron chi connectivity index (χ1n) is 7.27. The van der Waals surface area contributed by atoms with E-state index in [0.29, 0.717) is 0 Å². The summed E-state index contributed by atoms with van der Waals surface area (Å²) < 4.78 is 0. The van der Waals surface area contributed by atoms with E-state index in [4.69, 9.17) is 0 Å². The van der Waals surface area contributed by atoms with Crippen molar-refractivity contribution in [2.24, 2.45) is 0 Å². The number of benzene rings is 2. The van der Waals surface area contributed by atoms with Crippen LogP contribution in [0.1, 0.15) is 15.9 Å². The van der Waals surface area contributed by atoms with Gasteiger partial charge in [0, 0.05) is 31.4 Å². The van der Waals surface area contributed by atoms with Gasteiger partial charge < -0.3 is 10.2 Å². The number of nitro benzene ring substituents is 1. The van der Waals surface area contributed by atoms with Crippen molar-refractivity contribution in [3.8, 4) is 11.8 Å². The molecule has 24 heavy (non-hydrogen) atoms. The molecule has 1 N–H and O–H groups in total. The molecule has 0 aromatic heterocycles. The molecule has 0 heterocycles. The van der Waals surface area contributed by atoms with Gasteiger partial charge in [0.15, 0.2) is 0 Å². The first-order chi connectivity index (χ1) is 11.5. The Morgan fingerprint density at radius 2 is 1.83 bits per heavy atom. The van der Waals surface area contributed by atoms with E-state index in [1.807, 2.05) is 43.3 Å². The Morgan fingerprint density at radius 1 is 1.17 bits per heavy atom. The predicted octanol–water partition coefficient (Wildman–Crippen LogP) is 2.44. The van der Waals surface area contributed by atoms with Crippen LogP contribution in [-0.2, 0) is 0 Å². The molecule has 0 fully saturated rings. The van der Waals surface area contributed by atoms with Gasteiger partial charge >= 0.3 is 0 Å². The minimum absolute atomic E-state index is 0.0274. The van der Waals surface area contributed by atoms with Crippen LogP contribution in [0.5, 0.6) is 0 Å². The van der Waals surface area contributed by atoms with Crippen LogP contribution in [0.15, 0.2) is 48.5 Å². The van der Waals surface area contributed by atoms with Crippen LogP contribution < -0.4 is 10.2 Å². The summed E-state index contributed by atoms with van der Waals surface area (Å²) in [7, 11) is 3.91. The van der Waals surface area contributed by atoms with Crippen molar-refractivity contribution in [2.45, 2.75) is 0 Å². The quantitative estimate of drug-likeness (QED) is 0.533. The molecule has 0 spiro atoms. The van der Waals surface area contributed by atoms with E-state index >= 15 is 0 Å². The highest BCUT2D eigenvalue weighted by Gasteiger charge is 2.18. The number of anilines is 1. The number of amides is 1. The lowest BCUT2D eigenvalue weighted by Gasteiger charge is -2.11. The average Bonchev–Trinajstić information content (AvgIpc) is 2.58. The van der Waals surface area contributed by atoms with E-state index in [0.717, 1.165) is 11.3 Å². The van der Waals surface area contributed by atoms with Gasteiger partial charge in [0.05, 0.1) is 11.5 Å². The summed E-state index contributed by atoms with van der Waals surface area (Å²) in [5.41, 5.74) is 1.72. The molecule has 2 aromatic carbocycles. The van der Waals surface area contributed by atoms with Crippen LogP contribution in [0.2, 0.25) is 0 Å². The van der Waals surface area contributed by atoms with Crippen LogP contribution in [0, 0.1) is 22.0 Å². The molecule has 0 bridgehead atoms. The first kappa shape index (κ1) is 17.0. The Bertz CT molecular complexity index is 802. The molecule has 0 atom stereocenters. The van der Waals surface area contributed by atoms with Gasteiger partial charge in [-0.2, -0.15) is 0 Å². The van der Waals surface area contributed by atoms with E-state index in [9.17, 15) is 14.9 Å². The zero-order chi connectivity index (χ0) is 17.5. The summed E-state index contributed by atoms with van der Waals surface area (Å²) in [5, 5.41) is 13.5. The minimum Gasteiger partial charge on any atom is -0.378 e. The monoisotopic (exact) mass is 323 g/mol. The Labute approximate surface area is 140 Å². The Hall–Kier alpha value is -3.33. The maximum Gasteiger partial charge on any atom is 0.282 e. The smallest absolute Gasteiger partial charge is 0.282 e. The van der Waals surface area contributed by atoms with E-state index in [1.54, 1.807) is 6.07 Å². The predicted molar refractivity (Wildman–Crippen MR) is 93.1 cm³/mol. The fourth-order valence-electron chi connectivity index (χ4n) is 2.03. The highest BCUT2D eigenvalue weighted by molar-refractivity contribution is 5.98. The van der Waals surface area contributed by atoms with Crippen molar-refractivity contribution < 1.29 is 9.72 Å². The number of carbonyl (C=O) groups is 1. The van der Waals surface area contributed by atoms with Gasteiger partial charge in [-0.05, 0) is 30.3 Å². The molecular formula is C18H17N3O3. The van der Waals surface area contributed by atoms with Gasteiger partial charge in [-0.1, -0.05) is 24.0 Å². The number of nitrogens with one attached hydrogen (secondary N) is 1. The van der Waals surface area contributed by atoms with E-state index in [2.05, 4.69) is 17.2 Å². The molecule has 0 saturated heterocycles. The van der Waals surface area contributed by atoms with Gasteiger partial charge in [0.1, 0.15) is 5.56 Å². The van der Waals surface area contributed by atoms with Crippen LogP contribution in [0.3, 0.4) is 0 Å². The second-order valence-electron chi connectivity index (χ2n) is 5.20. The van der Waals surface area contributed by atoms with Gasteiger partial charge in [-0.25, -0.2) is 0 Å². The fraction of sp³-hybridized carbons (Fsp3) is 0.167. The minimum atomic E-state index is -0.576. The molecule has 6 nitrogen and oxygen atoms in total. The lowest BCUT2D eigenvalue weighted by atomic mass is 10.1. The molecule has 6 heteroatoms. The van der Waals surface area contributed by atoms with Gasteiger partial charge in [-0.3, -0.25) is 14.9 Å². The van der Waals surface area contributed by atoms with E-state index < -0.39 is 10.8 Å². The third-order valence-electron chi connectivity index (χ3n) is 3.30. The zero-order valence-electron chi connectivity index (χ0n) is 13.4. The Kier molecular flexibility index (Phi) is 5.53. The van der Waals surface area contributed by atoms with Crippen molar-refractivity contribution in [3.63, 3.8) is 0 Å². The molecule has 1 amide bonds. The zero-order valence-corrected chi connectivity index (χ0v) is 13.4. The number of rotatable bonds is 4. The van der Waals surface area contributed by atoms with Crippen molar-refractivity contribution in [1.82, 2.24) is 5.32 Å². The summed E-state index contributed by atoms with van der Waals surface area (Å²) in [6.07, 6.45) is 0. The van der Waals surface area contributed by atoms with Crippen molar-refractivity contribution in [2.75, 3.05) is 25.5 Å². The van der Waals surface area contributed by atoms with Gasteiger partial charge in [0.2, 0.25) is 0 Å². The molecule has 0 aliphatic heterocycles. The number of carbonyl (C=O) groups excluding carboxylic acids is 1. The second-order valence-corrected chi connectivity index (χ2v) is 5.20. The van der Waals surface area contributed by atoms with Crippen LogP contribution >= 0.6 is 0 Å². The molecule has 0 radical (unpaired) electrons. The summed E-state index contributed by atoms with van der Waals surface area (Å²) in [4.78, 5) is 24.3. The number of nitrogens with zero attached hydrogens (tertiary/aromatic N) is 2. The summed E-state index contributed by atoms with van der Waals surface area (Å²) in [6, 6.07) is 13.5.